The van der Waals surface area contributed by atoms with Crippen molar-refractivity contribution in [3.05, 3.63) is 41.4 Å². The summed E-state index contributed by atoms with van der Waals surface area (Å²) in [7, 11) is 0. The normalized spacial score (nSPS) is 16.5. The number of thiazole rings is 1. The van der Waals surface area contributed by atoms with Gasteiger partial charge in [-0.15, -0.1) is 11.3 Å². The molecule has 0 spiro atoms. The smallest absolute Gasteiger partial charge is 0.244 e. The Hall–Kier alpha value is -2.25. The van der Waals surface area contributed by atoms with E-state index in [2.05, 4.69) is 27.7 Å². The summed E-state index contributed by atoms with van der Waals surface area (Å²) in [5.41, 5.74) is 1.71. The van der Waals surface area contributed by atoms with Gasteiger partial charge in [0.15, 0.2) is 0 Å². The van der Waals surface area contributed by atoms with Crippen LogP contribution in [0.2, 0.25) is 0 Å². The van der Waals surface area contributed by atoms with Crippen molar-refractivity contribution in [2.45, 2.75) is 40.3 Å². The summed E-state index contributed by atoms with van der Waals surface area (Å²) in [5, 5.41) is 5.99. The fourth-order valence-corrected chi connectivity index (χ4v) is 4.01. The predicted molar refractivity (Wildman–Crippen MR) is 116 cm³/mol. The summed E-state index contributed by atoms with van der Waals surface area (Å²) < 4.78 is 0. The molecule has 0 bridgehead atoms. The molecule has 1 aromatic carbocycles. The monoisotopic (exact) mass is 414 g/mol. The van der Waals surface area contributed by atoms with Gasteiger partial charge in [0.1, 0.15) is 11.0 Å². The highest BCUT2D eigenvalue weighted by molar-refractivity contribution is 7.13. The lowest BCUT2D eigenvalue weighted by atomic mass is 9.95. The van der Waals surface area contributed by atoms with Crippen LogP contribution in [0.25, 0.3) is 10.6 Å². The van der Waals surface area contributed by atoms with Crippen LogP contribution in [-0.4, -0.2) is 58.8 Å². The van der Waals surface area contributed by atoms with Crippen LogP contribution < -0.4 is 5.32 Å². The molecule has 1 unspecified atom stereocenters. The lowest BCUT2D eigenvalue weighted by Gasteiger charge is -2.36. The van der Waals surface area contributed by atoms with Gasteiger partial charge < -0.3 is 10.2 Å². The number of carbonyl (C=O) groups is 2. The third-order valence-corrected chi connectivity index (χ3v) is 5.98. The highest BCUT2D eigenvalue weighted by Crippen LogP contribution is 2.24. The van der Waals surface area contributed by atoms with Gasteiger partial charge >= 0.3 is 0 Å². The van der Waals surface area contributed by atoms with Crippen molar-refractivity contribution < 1.29 is 9.59 Å². The molecule has 1 aliphatic rings. The molecule has 0 saturated carbocycles. The first kappa shape index (κ1) is 21.5. The summed E-state index contributed by atoms with van der Waals surface area (Å²) >= 11 is 1.67. The summed E-state index contributed by atoms with van der Waals surface area (Å²) in [5.74, 6) is -0.114. The van der Waals surface area contributed by atoms with Gasteiger partial charge in [0.05, 0.1) is 5.69 Å². The summed E-state index contributed by atoms with van der Waals surface area (Å²) in [6, 6.07) is 9.71. The molecule has 1 aliphatic heterocycles. The van der Waals surface area contributed by atoms with Crippen molar-refractivity contribution in [3.8, 4) is 10.6 Å². The molecule has 2 heterocycles. The number of hydrogen-bond acceptors (Lipinski definition) is 5. The molecule has 2 aromatic rings. The summed E-state index contributed by atoms with van der Waals surface area (Å²) in [4.78, 5) is 33.7. The SMILES string of the molecule is CC(NC(=O)C(C)(C)C)C(=O)N1CCN(Cc2csc(-c3ccccc3)n2)CC1. The Morgan fingerprint density at radius 1 is 1.14 bits per heavy atom. The van der Waals surface area contributed by atoms with Crippen molar-refractivity contribution in [3.63, 3.8) is 0 Å². The first-order chi connectivity index (χ1) is 13.7. The van der Waals surface area contributed by atoms with Gasteiger partial charge in [-0.05, 0) is 6.92 Å². The van der Waals surface area contributed by atoms with Crippen molar-refractivity contribution >= 4 is 23.2 Å². The number of carbonyl (C=O) groups excluding carboxylic acids is 2. The first-order valence-corrected chi connectivity index (χ1v) is 10.9. The molecule has 1 saturated heterocycles. The molecule has 156 valence electrons. The van der Waals surface area contributed by atoms with E-state index in [-0.39, 0.29) is 11.8 Å². The van der Waals surface area contributed by atoms with Crippen molar-refractivity contribution in [1.29, 1.82) is 0 Å². The van der Waals surface area contributed by atoms with Crippen molar-refractivity contribution in [1.82, 2.24) is 20.1 Å². The number of nitrogens with zero attached hydrogens (tertiary/aromatic N) is 3. The minimum absolute atomic E-state index is 0.0118. The molecule has 0 radical (unpaired) electrons. The summed E-state index contributed by atoms with van der Waals surface area (Å²) in [6.45, 7) is 11.1. The molecule has 3 rings (SSSR count). The highest BCUT2D eigenvalue weighted by atomic mass is 32.1. The lowest BCUT2D eigenvalue weighted by molar-refractivity contribution is -0.139. The Balaban J connectivity index is 1.49. The number of rotatable bonds is 5. The van der Waals surface area contributed by atoms with Crippen molar-refractivity contribution in [2.24, 2.45) is 5.41 Å². The standard InChI is InChI=1S/C22H30N4O2S/c1-16(23-21(28)22(2,3)4)20(27)26-12-10-25(11-13-26)14-18-15-29-19(24-18)17-8-6-5-7-9-17/h5-9,15-16H,10-14H2,1-4H3,(H,23,28). The highest BCUT2D eigenvalue weighted by Gasteiger charge is 2.29. The molecule has 0 aliphatic carbocycles. The Morgan fingerprint density at radius 2 is 1.79 bits per heavy atom. The van der Waals surface area contributed by atoms with Crippen LogP contribution in [0, 0.1) is 5.41 Å². The van der Waals surface area contributed by atoms with E-state index in [0.29, 0.717) is 13.1 Å². The van der Waals surface area contributed by atoms with Gasteiger partial charge in [0.2, 0.25) is 11.8 Å². The summed E-state index contributed by atoms with van der Waals surface area (Å²) in [6.07, 6.45) is 0. The average molecular weight is 415 g/mol. The van der Waals surface area contributed by atoms with E-state index in [0.717, 1.165) is 35.9 Å². The van der Waals surface area contributed by atoms with Gasteiger partial charge in [-0.25, -0.2) is 4.98 Å². The lowest BCUT2D eigenvalue weighted by Crippen LogP contribution is -2.55. The maximum Gasteiger partial charge on any atom is 0.244 e. The number of nitrogens with one attached hydrogen (secondary N) is 1. The van der Waals surface area contributed by atoms with Crippen molar-refractivity contribution in [2.75, 3.05) is 26.2 Å². The van der Waals surface area contributed by atoms with E-state index >= 15 is 0 Å². The van der Waals surface area contributed by atoms with Crippen LogP contribution in [0.4, 0.5) is 0 Å². The quantitative estimate of drug-likeness (QED) is 0.817. The second-order valence-electron chi connectivity index (χ2n) is 8.56. The van der Waals surface area contributed by atoms with E-state index < -0.39 is 11.5 Å². The zero-order valence-corrected chi connectivity index (χ0v) is 18.5. The third-order valence-electron chi connectivity index (χ3n) is 5.04. The zero-order chi connectivity index (χ0) is 21.0. The molecule has 6 nitrogen and oxygen atoms in total. The van der Waals surface area contributed by atoms with E-state index in [4.69, 9.17) is 4.98 Å². The van der Waals surface area contributed by atoms with Crippen LogP contribution in [0.5, 0.6) is 0 Å². The number of amides is 2. The van der Waals surface area contributed by atoms with Crippen LogP contribution in [0.3, 0.4) is 0 Å². The van der Waals surface area contributed by atoms with Crippen LogP contribution in [0.1, 0.15) is 33.4 Å². The van der Waals surface area contributed by atoms with Gasteiger partial charge in [-0.2, -0.15) is 0 Å². The minimum Gasteiger partial charge on any atom is -0.344 e. The van der Waals surface area contributed by atoms with E-state index in [1.54, 1.807) is 18.3 Å². The number of benzene rings is 1. The number of piperazine rings is 1. The fourth-order valence-electron chi connectivity index (χ4n) is 3.20. The molecule has 2 amide bonds. The largest absolute Gasteiger partial charge is 0.344 e. The minimum atomic E-state index is -0.501. The van der Waals surface area contributed by atoms with E-state index in [9.17, 15) is 9.59 Å². The molecule has 1 aromatic heterocycles. The molecular formula is C22H30N4O2S. The topological polar surface area (TPSA) is 65.5 Å². The Morgan fingerprint density at radius 3 is 2.41 bits per heavy atom. The van der Waals surface area contributed by atoms with Crippen LogP contribution in [0.15, 0.2) is 35.7 Å². The molecular weight excluding hydrogens is 384 g/mol. The fraction of sp³-hybridized carbons (Fsp3) is 0.500. The van der Waals surface area contributed by atoms with Gasteiger partial charge in [-0.1, -0.05) is 51.1 Å². The third kappa shape index (κ3) is 5.64. The molecule has 1 atom stereocenters. The Bertz CT molecular complexity index is 836. The molecule has 1 fully saturated rings. The second-order valence-corrected chi connectivity index (χ2v) is 9.41. The van der Waals surface area contributed by atoms with Gasteiger partial charge in [-0.3, -0.25) is 14.5 Å². The average Bonchev–Trinajstić information content (AvgIpc) is 3.16. The Kier molecular flexibility index (Phi) is 6.70. The Labute approximate surface area is 176 Å². The zero-order valence-electron chi connectivity index (χ0n) is 17.6. The van der Waals surface area contributed by atoms with Gasteiger partial charge in [0, 0.05) is 49.1 Å². The van der Waals surface area contributed by atoms with Crippen LogP contribution in [-0.2, 0) is 16.1 Å². The molecule has 29 heavy (non-hydrogen) atoms. The predicted octanol–water partition coefficient (Wildman–Crippen LogP) is 3.01. The maximum absolute atomic E-state index is 12.7. The first-order valence-electron chi connectivity index (χ1n) is 10.1. The van der Waals surface area contributed by atoms with Crippen LogP contribution >= 0.6 is 11.3 Å². The maximum atomic E-state index is 12.7. The van der Waals surface area contributed by atoms with Gasteiger partial charge in [0.25, 0.3) is 0 Å². The van der Waals surface area contributed by atoms with E-state index in [1.165, 1.54) is 0 Å². The molecule has 1 N–H and O–H groups in total. The molecule has 7 heteroatoms. The number of aromatic nitrogens is 1. The second kappa shape index (κ2) is 9.05. The van der Waals surface area contributed by atoms with E-state index in [1.807, 2.05) is 43.9 Å². The number of hydrogen-bond donors (Lipinski definition) is 1.